The van der Waals surface area contributed by atoms with Crippen LogP contribution in [-0.2, 0) is 0 Å². The molecule has 0 radical (unpaired) electrons. The third-order valence-electron chi connectivity index (χ3n) is 4.23. The Morgan fingerprint density at radius 2 is 1.79 bits per heavy atom. The van der Waals surface area contributed by atoms with Crippen LogP contribution in [0.3, 0.4) is 0 Å². The van der Waals surface area contributed by atoms with Gasteiger partial charge >= 0.3 is 0 Å². The Kier molecular flexibility index (Phi) is 3.91. The summed E-state index contributed by atoms with van der Waals surface area (Å²) < 4.78 is 1.83. The maximum atomic E-state index is 4.43. The Morgan fingerprint density at radius 3 is 2.64 bits per heavy atom. The van der Waals surface area contributed by atoms with E-state index in [0.717, 1.165) is 16.8 Å². The monoisotopic (exact) mass is 366 g/mol. The summed E-state index contributed by atoms with van der Waals surface area (Å²) in [6.07, 6.45) is 8.87. The maximum Gasteiger partial charge on any atom is 0.223 e. The molecule has 0 aliphatic rings. The molecule has 1 aromatic carbocycles. The molecule has 4 aromatic heterocycles. The Labute approximate surface area is 160 Å². The second-order valence-electron chi connectivity index (χ2n) is 6.02. The van der Waals surface area contributed by atoms with Crippen LogP contribution in [0.2, 0.25) is 0 Å². The fourth-order valence-corrected chi connectivity index (χ4v) is 2.93. The molecule has 0 spiro atoms. The molecular weight excluding hydrogens is 352 g/mol. The lowest BCUT2D eigenvalue weighted by Crippen LogP contribution is -2.01. The van der Waals surface area contributed by atoms with Gasteiger partial charge < -0.3 is 0 Å². The molecule has 0 saturated carbocycles. The average molecular weight is 366 g/mol. The average Bonchev–Trinajstić information content (AvgIpc) is 3.47. The van der Waals surface area contributed by atoms with Crippen molar-refractivity contribution >= 4 is 0 Å². The van der Waals surface area contributed by atoms with Crippen LogP contribution in [-0.4, -0.2) is 40.0 Å². The Balaban J connectivity index is 1.55. The van der Waals surface area contributed by atoms with E-state index in [1.54, 1.807) is 18.6 Å². The van der Waals surface area contributed by atoms with Crippen LogP contribution in [0.1, 0.15) is 0 Å². The van der Waals surface area contributed by atoms with Crippen LogP contribution < -0.4 is 0 Å². The van der Waals surface area contributed by atoms with E-state index in [0.29, 0.717) is 17.2 Å². The molecule has 8 nitrogen and oxygen atoms in total. The molecule has 0 unspecified atom stereocenters. The van der Waals surface area contributed by atoms with Crippen LogP contribution >= 0.6 is 0 Å². The van der Waals surface area contributed by atoms with Crippen LogP contribution in [0.5, 0.6) is 0 Å². The predicted octanol–water partition coefficient (Wildman–Crippen LogP) is 2.97. The normalized spacial score (nSPS) is 10.9. The highest BCUT2D eigenvalue weighted by Crippen LogP contribution is 2.27. The van der Waals surface area contributed by atoms with E-state index >= 15 is 0 Å². The second kappa shape index (κ2) is 6.84. The first-order chi connectivity index (χ1) is 13.9. The SMILES string of the molecule is c1ccc(-c2nnn(-c3cncc(-c4ccccc4-n4cccn4)c3)n2)nc1. The smallest absolute Gasteiger partial charge is 0.223 e. The van der Waals surface area contributed by atoms with Gasteiger partial charge in [-0.3, -0.25) is 9.97 Å². The van der Waals surface area contributed by atoms with Crippen molar-refractivity contribution in [3.8, 4) is 34.0 Å². The molecule has 0 bridgehead atoms. The van der Waals surface area contributed by atoms with E-state index in [-0.39, 0.29) is 0 Å². The fraction of sp³-hybridized carbons (Fsp3) is 0. The van der Waals surface area contributed by atoms with Crippen LogP contribution in [0.15, 0.2) is 85.6 Å². The Hall–Kier alpha value is -4.20. The Morgan fingerprint density at radius 1 is 0.857 bits per heavy atom. The van der Waals surface area contributed by atoms with Crippen molar-refractivity contribution < 1.29 is 0 Å². The summed E-state index contributed by atoms with van der Waals surface area (Å²) in [5, 5.41) is 17.0. The van der Waals surface area contributed by atoms with E-state index in [1.807, 2.05) is 71.7 Å². The van der Waals surface area contributed by atoms with Gasteiger partial charge in [0.25, 0.3) is 0 Å². The van der Waals surface area contributed by atoms with Crippen LogP contribution in [0, 0.1) is 0 Å². The third-order valence-corrected chi connectivity index (χ3v) is 4.23. The quantitative estimate of drug-likeness (QED) is 0.486. The number of hydrogen-bond acceptors (Lipinski definition) is 6. The lowest BCUT2D eigenvalue weighted by molar-refractivity contribution is 0.717. The van der Waals surface area contributed by atoms with Crippen molar-refractivity contribution in [2.45, 2.75) is 0 Å². The topological polar surface area (TPSA) is 87.2 Å². The zero-order chi connectivity index (χ0) is 18.8. The van der Waals surface area contributed by atoms with Gasteiger partial charge in [-0.05, 0) is 35.5 Å². The zero-order valence-corrected chi connectivity index (χ0v) is 14.7. The molecule has 134 valence electrons. The first-order valence-electron chi connectivity index (χ1n) is 8.65. The molecule has 0 aliphatic heterocycles. The molecule has 0 atom stereocenters. The summed E-state index contributed by atoms with van der Waals surface area (Å²) in [6, 6.07) is 17.5. The molecule has 5 aromatic rings. The third kappa shape index (κ3) is 2.92. The Bertz CT molecular complexity index is 1210. The van der Waals surface area contributed by atoms with Gasteiger partial charge in [-0.15, -0.1) is 15.0 Å². The molecule has 0 amide bonds. The molecule has 0 aliphatic carbocycles. The minimum Gasteiger partial charge on any atom is -0.262 e. The van der Waals surface area contributed by atoms with E-state index in [4.69, 9.17) is 0 Å². The molecule has 5 rings (SSSR count). The lowest BCUT2D eigenvalue weighted by Gasteiger charge is -2.10. The highest BCUT2D eigenvalue weighted by atomic mass is 15.6. The standard InChI is InChI=1S/C20H14N8/c1-2-8-19(27-11-5-10-23-27)17(6-1)15-12-16(14-21-13-15)28-25-20(24-26-28)18-7-3-4-9-22-18/h1-14H. The number of nitrogens with zero attached hydrogens (tertiary/aromatic N) is 8. The summed E-state index contributed by atoms with van der Waals surface area (Å²) in [4.78, 5) is 10.1. The van der Waals surface area contributed by atoms with Gasteiger partial charge in [0.2, 0.25) is 5.82 Å². The molecule has 28 heavy (non-hydrogen) atoms. The summed E-state index contributed by atoms with van der Waals surface area (Å²) in [7, 11) is 0. The summed E-state index contributed by atoms with van der Waals surface area (Å²) in [5.74, 6) is 0.461. The summed E-state index contributed by atoms with van der Waals surface area (Å²) >= 11 is 0. The summed E-state index contributed by atoms with van der Waals surface area (Å²) in [5.41, 5.74) is 4.28. The van der Waals surface area contributed by atoms with Crippen molar-refractivity contribution in [2.24, 2.45) is 0 Å². The predicted molar refractivity (Wildman–Crippen MR) is 103 cm³/mol. The van der Waals surface area contributed by atoms with E-state index < -0.39 is 0 Å². The number of aromatic nitrogens is 8. The highest BCUT2D eigenvalue weighted by Gasteiger charge is 2.11. The van der Waals surface area contributed by atoms with E-state index in [2.05, 4.69) is 30.5 Å². The van der Waals surface area contributed by atoms with Gasteiger partial charge in [-0.2, -0.15) is 5.10 Å². The van der Waals surface area contributed by atoms with Crippen LogP contribution in [0.25, 0.3) is 34.0 Å². The van der Waals surface area contributed by atoms with Gasteiger partial charge in [-0.1, -0.05) is 24.3 Å². The lowest BCUT2D eigenvalue weighted by atomic mass is 10.1. The van der Waals surface area contributed by atoms with Crippen molar-refractivity contribution in [1.82, 2.24) is 40.0 Å². The van der Waals surface area contributed by atoms with Crippen LogP contribution in [0.4, 0.5) is 0 Å². The highest BCUT2D eigenvalue weighted by molar-refractivity contribution is 5.73. The van der Waals surface area contributed by atoms with Gasteiger partial charge in [0.15, 0.2) is 0 Å². The minimum atomic E-state index is 0.461. The molecule has 0 saturated heterocycles. The second-order valence-corrected chi connectivity index (χ2v) is 6.02. The number of benzene rings is 1. The van der Waals surface area contributed by atoms with Crippen molar-refractivity contribution in [3.63, 3.8) is 0 Å². The molecule has 4 heterocycles. The zero-order valence-electron chi connectivity index (χ0n) is 14.7. The van der Waals surface area contributed by atoms with Crippen molar-refractivity contribution in [2.75, 3.05) is 0 Å². The van der Waals surface area contributed by atoms with Crippen molar-refractivity contribution in [1.29, 1.82) is 0 Å². The van der Waals surface area contributed by atoms with E-state index in [1.165, 1.54) is 4.80 Å². The van der Waals surface area contributed by atoms with Gasteiger partial charge in [0.05, 0.1) is 11.9 Å². The molecule has 8 heteroatoms. The number of para-hydroxylation sites is 1. The molecule has 0 N–H and O–H groups in total. The number of pyridine rings is 2. The van der Waals surface area contributed by atoms with E-state index in [9.17, 15) is 0 Å². The number of rotatable bonds is 4. The first kappa shape index (κ1) is 16.0. The van der Waals surface area contributed by atoms with Gasteiger partial charge in [0.1, 0.15) is 11.4 Å². The molecule has 0 fully saturated rings. The van der Waals surface area contributed by atoms with Gasteiger partial charge in [0, 0.05) is 35.9 Å². The maximum absolute atomic E-state index is 4.43. The fourth-order valence-electron chi connectivity index (χ4n) is 2.93. The molecular formula is C20H14N8. The number of hydrogen-bond donors (Lipinski definition) is 0. The number of tetrazole rings is 1. The van der Waals surface area contributed by atoms with Gasteiger partial charge in [-0.25, -0.2) is 4.68 Å². The first-order valence-corrected chi connectivity index (χ1v) is 8.65. The largest absolute Gasteiger partial charge is 0.262 e. The summed E-state index contributed by atoms with van der Waals surface area (Å²) in [6.45, 7) is 0. The minimum absolute atomic E-state index is 0.461. The van der Waals surface area contributed by atoms with Crippen molar-refractivity contribution in [3.05, 3.63) is 85.6 Å².